The molecule has 6 nitrogen and oxygen atoms in total. The van der Waals surface area contributed by atoms with Crippen LogP contribution in [0.1, 0.15) is 290 Å². The second kappa shape index (κ2) is 64.3. The van der Waals surface area contributed by atoms with Crippen molar-refractivity contribution in [2.45, 2.75) is 297 Å². The van der Waals surface area contributed by atoms with Crippen molar-refractivity contribution in [3.05, 3.63) is 122 Å². The Hall–Kier alpha value is -4.19. The first kappa shape index (κ1) is 72.8. The summed E-state index contributed by atoms with van der Waals surface area (Å²) in [6, 6.07) is 0. The number of unbranched alkanes of at least 4 members (excludes halogenated alkanes) is 26. The van der Waals surface area contributed by atoms with Gasteiger partial charge in [-0.2, -0.15) is 0 Å². The highest BCUT2D eigenvalue weighted by atomic mass is 16.6. The van der Waals surface area contributed by atoms with Gasteiger partial charge >= 0.3 is 17.9 Å². The highest BCUT2D eigenvalue weighted by Gasteiger charge is 2.19. The van der Waals surface area contributed by atoms with E-state index in [0.717, 1.165) is 103 Å². The van der Waals surface area contributed by atoms with Gasteiger partial charge in [-0.1, -0.05) is 284 Å². The Balaban J connectivity index is 4.31. The molecule has 1 unspecified atom stereocenters. The van der Waals surface area contributed by atoms with Gasteiger partial charge in [-0.05, 0) is 109 Å². The summed E-state index contributed by atoms with van der Waals surface area (Å²) in [4.78, 5) is 38.2. The lowest BCUT2D eigenvalue weighted by Crippen LogP contribution is -2.30. The van der Waals surface area contributed by atoms with Crippen LogP contribution in [-0.4, -0.2) is 37.2 Å². The third kappa shape index (κ3) is 62.5. The predicted octanol–water partition coefficient (Wildman–Crippen LogP) is 22.0. The second-order valence-corrected chi connectivity index (χ2v) is 20.9. The SMILES string of the molecule is CC/C=C\C/C=C\C/C=C\C/C=C\C/C=C\C/C=C\C/C=C\CCCC(=O)OC(COC(=O)CCCCCCCCCCC)COC(=O)CCCCCCCCCCCCCC/C=C\C/C=C\C/C=C\CCCCCCC. The number of esters is 3. The minimum atomic E-state index is -0.811. The van der Waals surface area contributed by atoms with E-state index >= 15 is 0 Å². The molecule has 6 heteroatoms. The van der Waals surface area contributed by atoms with Crippen LogP contribution >= 0.6 is 0 Å². The first-order valence-electron chi connectivity index (χ1n) is 32.0. The largest absolute Gasteiger partial charge is 0.462 e. The summed E-state index contributed by atoms with van der Waals surface area (Å²) in [7, 11) is 0. The molecule has 0 saturated carbocycles. The minimum Gasteiger partial charge on any atom is -0.462 e. The summed E-state index contributed by atoms with van der Waals surface area (Å²) in [5.74, 6) is -0.964. The van der Waals surface area contributed by atoms with E-state index in [2.05, 4.69) is 142 Å². The molecule has 0 fully saturated rings. The van der Waals surface area contributed by atoms with Gasteiger partial charge in [-0.15, -0.1) is 0 Å². The molecular weight excluding hydrogens is 949 g/mol. The molecule has 0 N–H and O–H groups in total. The minimum absolute atomic E-state index is 0.102. The van der Waals surface area contributed by atoms with Gasteiger partial charge in [0.1, 0.15) is 13.2 Å². The van der Waals surface area contributed by atoms with E-state index in [-0.39, 0.29) is 37.5 Å². The van der Waals surface area contributed by atoms with Crippen molar-refractivity contribution < 1.29 is 28.6 Å². The summed E-state index contributed by atoms with van der Waals surface area (Å²) < 4.78 is 16.8. The van der Waals surface area contributed by atoms with Gasteiger partial charge in [-0.25, -0.2) is 0 Å². The third-order valence-corrected chi connectivity index (χ3v) is 13.5. The molecule has 0 bridgehead atoms. The molecule has 0 aliphatic rings. The molecule has 0 saturated heterocycles. The molecule has 0 aromatic heterocycles. The lowest BCUT2D eigenvalue weighted by molar-refractivity contribution is -0.167. The fraction of sp³-hybridized carbons (Fsp3) is 0.676. The molecule has 0 rings (SSSR count). The Kier molecular flexibility index (Phi) is 60.8. The van der Waals surface area contributed by atoms with E-state index in [1.807, 2.05) is 0 Å². The monoisotopic (exact) mass is 1070 g/mol. The van der Waals surface area contributed by atoms with Crippen LogP contribution in [0.4, 0.5) is 0 Å². The second-order valence-electron chi connectivity index (χ2n) is 20.9. The molecule has 0 aliphatic carbocycles. The maximum atomic E-state index is 12.9. The average Bonchev–Trinajstić information content (AvgIpc) is 3.43. The summed E-state index contributed by atoms with van der Waals surface area (Å²) in [5, 5.41) is 0. The summed E-state index contributed by atoms with van der Waals surface area (Å²) >= 11 is 0. The van der Waals surface area contributed by atoms with Crippen LogP contribution < -0.4 is 0 Å². The topological polar surface area (TPSA) is 78.9 Å². The first-order valence-corrected chi connectivity index (χ1v) is 32.0. The molecule has 0 spiro atoms. The highest BCUT2D eigenvalue weighted by Crippen LogP contribution is 2.15. The van der Waals surface area contributed by atoms with Crippen LogP contribution in [0, 0.1) is 0 Å². The van der Waals surface area contributed by atoms with Crippen LogP contribution in [0.15, 0.2) is 122 Å². The van der Waals surface area contributed by atoms with Crippen molar-refractivity contribution in [3.63, 3.8) is 0 Å². The van der Waals surface area contributed by atoms with E-state index < -0.39 is 6.10 Å². The van der Waals surface area contributed by atoms with Gasteiger partial charge in [0.05, 0.1) is 0 Å². The van der Waals surface area contributed by atoms with Gasteiger partial charge in [0.25, 0.3) is 0 Å². The van der Waals surface area contributed by atoms with Gasteiger partial charge < -0.3 is 14.2 Å². The molecule has 0 amide bonds. The molecule has 77 heavy (non-hydrogen) atoms. The zero-order valence-corrected chi connectivity index (χ0v) is 50.2. The maximum absolute atomic E-state index is 12.9. The van der Waals surface area contributed by atoms with E-state index in [0.29, 0.717) is 19.3 Å². The molecule has 1 atom stereocenters. The Bertz CT molecular complexity index is 1600. The Morgan fingerprint density at radius 2 is 0.519 bits per heavy atom. The highest BCUT2D eigenvalue weighted by molar-refractivity contribution is 5.71. The fourth-order valence-corrected chi connectivity index (χ4v) is 8.67. The number of ether oxygens (including phenoxy) is 3. The molecular formula is C71H118O6. The lowest BCUT2D eigenvalue weighted by Gasteiger charge is -2.18. The number of carbonyl (C=O) groups is 3. The van der Waals surface area contributed by atoms with Crippen LogP contribution in [0.2, 0.25) is 0 Å². The number of carbonyl (C=O) groups excluding carboxylic acids is 3. The summed E-state index contributed by atoms with van der Waals surface area (Å²) in [6.45, 7) is 6.46. The normalized spacial score (nSPS) is 12.9. The number of rotatable bonds is 57. The maximum Gasteiger partial charge on any atom is 0.306 e. The van der Waals surface area contributed by atoms with E-state index in [4.69, 9.17) is 14.2 Å². The number of hydrogen-bond donors (Lipinski definition) is 0. The van der Waals surface area contributed by atoms with Crippen molar-refractivity contribution in [1.82, 2.24) is 0 Å². The van der Waals surface area contributed by atoms with Crippen LogP contribution in [0.25, 0.3) is 0 Å². The van der Waals surface area contributed by atoms with Crippen molar-refractivity contribution in [1.29, 1.82) is 0 Å². The van der Waals surface area contributed by atoms with Crippen molar-refractivity contribution in [2.24, 2.45) is 0 Å². The molecule has 0 aromatic rings. The standard InChI is InChI=1S/C71H118O6/c1-4-7-10-13-16-19-21-23-25-27-29-31-33-34-35-36-38-39-41-43-45-47-49-52-55-58-61-64-70(73)76-67-68(66-75-69(72)63-60-57-54-51-18-15-12-9-6-3)77-71(74)65-62-59-56-53-50-48-46-44-42-40-37-32-30-28-26-24-22-20-17-14-11-8-5-2/h8,11,17,20-21,23-24,26-27,29-30,32-34,40,42,46,48,53,56,68H,4-7,9-10,12-16,18-19,22,25,28,31,35-39,41,43-45,47,49-52,54-55,57-67H2,1-3H3/b11-8-,20-17-,23-21-,26-24-,29-27-,32-30-,34-33-,42-40-,48-46-,56-53-. The summed E-state index contributed by atoms with van der Waals surface area (Å²) in [6.07, 6.45) is 89.4. The smallest absolute Gasteiger partial charge is 0.306 e. The van der Waals surface area contributed by atoms with E-state index in [1.165, 1.54) is 141 Å². The van der Waals surface area contributed by atoms with Crippen molar-refractivity contribution in [3.8, 4) is 0 Å². The Morgan fingerprint density at radius 1 is 0.273 bits per heavy atom. The van der Waals surface area contributed by atoms with Crippen LogP contribution in [-0.2, 0) is 28.6 Å². The lowest BCUT2D eigenvalue weighted by atomic mass is 10.0. The average molecular weight is 1070 g/mol. The molecule has 0 aliphatic heterocycles. The number of allylic oxidation sites excluding steroid dienone is 20. The van der Waals surface area contributed by atoms with Crippen molar-refractivity contribution >= 4 is 17.9 Å². The predicted molar refractivity (Wildman–Crippen MR) is 334 cm³/mol. The molecule has 438 valence electrons. The molecule has 0 aromatic carbocycles. The van der Waals surface area contributed by atoms with Crippen LogP contribution in [0.3, 0.4) is 0 Å². The number of hydrogen-bond acceptors (Lipinski definition) is 6. The van der Waals surface area contributed by atoms with E-state index in [1.54, 1.807) is 0 Å². The van der Waals surface area contributed by atoms with Crippen LogP contribution in [0.5, 0.6) is 0 Å². The Labute approximate surface area is 475 Å². The zero-order valence-electron chi connectivity index (χ0n) is 50.2. The van der Waals surface area contributed by atoms with E-state index in [9.17, 15) is 14.4 Å². The van der Waals surface area contributed by atoms with Gasteiger partial charge in [0.15, 0.2) is 6.10 Å². The Morgan fingerprint density at radius 3 is 0.831 bits per heavy atom. The molecule has 0 radical (unpaired) electrons. The first-order chi connectivity index (χ1) is 38.0. The molecule has 0 heterocycles. The van der Waals surface area contributed by atoms with Gasteiger partial charge in [-0.3, -0.25) is 14.4 Å². The zero-order chi connectivity index (χ0) is 55.7. The van der Waals surface area contributed by atoms with Crippen molar-refractivity contribution in [2.75, 3.05) is 13.2 Å². The quantitative estimate of drug-likeness (QED) is 0.0261. The fourth-order valence-electron chi connectivity index (χ4n) is 8.67. The summed E-state index contributed by atoms with van der Waals surface area (Å²) in [5.41, 5.74) is 0. The third-order valence-electron chi connectivity index (χ3n) is 13.5. The van der Waals surface area contributed by atoms with Gasteiger partial charge in [0.2, 0.25) is 0 Å². The van der Waals surface area contributed by atoms with Gasteiger partial charge in [0, 0.05) is 19.3 Å².